The molecule has 1 aromatic rings. The van der Waals surface area contributed by atoms with Gasteiger partial charge < -0.3 is 63.5 Å². The van der Waals surface area contributed by atoms with Crippen LogP contribution in [0.3, 0.4) is 0 Å². The zero-order chi connectivity index (χ0) is 46.4. The molecule has 0 saturated carbocycles. The standard InChI is InChI=1S/C39H63N11O12/c1-21(2)10-8-6-5-7-9-11-31(54)50-33(23(4)51)38(60)44-19-32(55)45-22(3)34(56)49-27-20-62-39(61)25(13-15-29(41)53)47-35(57)24(12-14-28(40)52)46-36(58)26(48-37(27)59)18-30-42-16-17-43-30/h16-17,21-27,33,51H,5-15,18-20H2,1-4H3,(H2,40,52)(H2,41,53)(H,42,43)(H,44,60)(H,45,55)(H,46,58)(H,47,57)(H,48,59)(H,49,56)(H,50,54)/t22-,23-,24+,25-,26+,27-,33-/m0/s1. The number of carbonyl (C=O) groups is 10. The fraction of sp³-hybridized carbons (Fsp3) is 0.667. The smallest absolute Gasteiger partial charge is 0.328 e. The highest BCUT2D eigenvalue weighted by Gasteiger charge is 2.35. The zero-order valence-corrected chi connectivity index (χ0v) is 35.7. The van der Waals surface area contributed by atoms with Crippen molar-refractivity contribution in [3.8, 4) is 0 Å². The van der Waals surface area contributed by atoms with E-state index < -0.39 is 121 Å². The van der Waals surface area contributed by atoms with Crippen LogP contribution in [0.15, 0.2) is 12.4 Å². The molecule has 1 aromatic heterocycles. The van der Waals surface area contributed by atoms with E-state index in [4.69, 9.17) is 16.2 Å². The molecule has 346 valence electrons. The van der Waals surface area contributed by atoms with E-state index >= 15 is 0 Å². The molecule has 0 unspecified atom stereocenters. The Balaban J connectivity index is 2.15. The number of nitrogens with two attached hydrogens (primary N) is 2. The molecule has 1 aliphatic rings. The molecule has 0 spiro atoms. The number of rotatable bonds is 24. The van der Waals surface area contributed by atoms with Crippen molar-refractivity contribution in [3.05, 3.63) is 18.2 Å². The molecule has 1 aliphatic heterocycles. The lowest BCUT2D eigenvalue weighted by atomic mass is 10.0. The number of aromatic amines is 1. The number of amides is 9. The molecule has 7 atom stereocenters. The summed E-state index contributed by atoms with van der Waals surface area (Å²) in [5.74, 6) is -7.96. The van der Waals surface area contributed by atoms with Gasteiger partial charge in [0.1, 0.15) is 48.7 Å². The topological polar surface area (TPSA) is 365 Å². The van der Waals surface area contributed by atoms with Crippen LogP contribution in [0.25, 0.3) is 0 Å². The minimum atomic E-state index is -1.71. The van der Waals surface area contributed by atoms with Crippen LogP contribution in [0, 0.1) is 5.92 Å². The van der Waals surface area contributed by atoms with Gasteiger partial charge in [0.2, 0.25) is 53.2 Å². The van der Waals surface area contributed by atoms with Crippen molar-refractivity contribution in [1.82, 2.24) is 47.2 Å². The van der Waals surface area contributed by atoms with Crippen molar-refractivity contribution in [2.75, 3.05) is 13.2 Å². The number of aliphatic hydroxyl groups excluding tert-OH is 1. The van der Waals surface area contributed by atoms with E-state index in [9.17, 15) is 53.1 Å². The Morgan fingerprint density at radius 3 is 1.98 bits per heavy atom. The molecular formula is C39H63N11O12. The van der Waals surface area contributed by atoms with Crippen molar-refractivity contribution in [2.24, 2.45) is 17.4 Å². The van der Waals surface area contributed by atoms with Gasteiger partial charge in [-0.15, -0.1) is 0 Å². The number of aliphatic hydroxyl groups is 1. The molecule has 1 fully saturated rings. The van der Waals surface area contributed by atoms with E-state index in [0.717, 1.165) is 32.1 Å². The SMILES string of the molecule is CC(C)CCCCCCCC(=O)N[C@H](C(=O)NCC(=O)N[C@@H](C)C(=O)N[C@H]1COC(=O)[C@H](CCC(N)=O)NC(=O)[C@@H](CCC(N)=O)NC(=O)[C@@H](Cc2ncc[nH]2)NC1=O)[C@H](C)O. The number of primary amides is 2. The van der Waals surface area contributed by atoms with Crippen LogP contribution in [0.1, 0.15) is 104 Å². The molecule has 2 rings (SSSR count). The van der Waals surface area contributed by atoms with Gasteiger partial charge in [-0.05, 0) is 39.0 Å². The summed E-state index contributed by atoms with van der Waals surface area (Å²) in [7, 11) is 0. The Morgan fingerprint density at radius 1 is 0.774 bits per heavy atom. The maximum Gasteiger partial charge on any atom is 0.328 e. The molecule has 13 N–H and O–H groups in total. The van der Waals surface area contributed by atoms with E-state index in [1.54, 1.807) is 0 Å². The molecule has 9 amide bonds. The summed E-state index contributed by atoms with van der Waals surface area (Å²) in [5, 5.41) is 26.9. The Hall–Kier alpha value is -6.13. The quantitative estimate of drug-likeness (QED) is 0.0362. The predicted octanol–water partition coefficient (Wildman–Crippen LogP) is -3.15. The zero-order valence-electron chi connectivity index (χ0n) is 35.7. The lowest BCUT2D eigenvalue weighted by molar-refractivity contribution is -0.150. The second-order valence-electron chi connectivity index (χ2n) is 15.6. The summed E-state index contributed by atoms with van der Waals surface area (Å²) in [6, 6.07) is -8.90. The van der Waals surface area contributed by atoms with Gasteiger partial charge in [0, 0.05) is 38.1 Å². The summed E-state index contributed by atoms with van der Waals surface area (Å²) >= 11 is 0. The molecule has 0 bridgehead atoms. The average molecular weight is 878 g/mol. The number of cyclic esters (lactones) is 1. The number of aromatic nitrogens is 2. The van der Waals surface area contributed by atoms with Crippen LogP contribution in [0.2, 0.25) is 0 Å². The number of carbonyl (C=O) groups excluding carboxylic acids is 10. The fourth-order valence-electron chi connectivity index (χ4n) is 6.12. The van der Waals surface area contributed by atoms with Gasteiger partial charge in [0.25, 0.3) is 0 Å². The van der Waals surface area contributed by atoms with E-state index in [0.29, 0.717) is 12.3 Å². The molecule has 23 heteroatoms. The van der Waals surface area contributed by atoms with Gasteiger partial charge in [-0.3, -0.25) is 43.2 Å². The first-order valence-electron chi connectivity index (χ1n) is 20.7. The maximum atomic E-state index is 13.7. The number of nitrogens with one attached hydrogen (secondary N) is 8. The number of H-pyrrole nitrogens is 1. The monoisotopic (exact) mass is 877 g/mol. The van der Waals surface area contributed by atoms with Crippen LogP contribution in [0.4, 0.5) is 0 Å². The van der Waals surface area contributed by atoms with E-state index in [1.807, 2.05) is 0 Å². The highest BCUT2D eigenvalue weighted by atomic mass is 16.5. The van der Waals surface area contributed by atoms with Crippen LogP contribution in [-0.4, -0.2) is 130 Å². The number of imidazole rings is 1. The Labute approximate surface area is 359 Å². The van der Waals surface area contributed by atoms with E-state index in [1.165, 1.54) is 26.2 Å². The molecule has 2 heterocycles. The number of ether oxygens (including phenoxy) is 1. The molecule has 62 heavy (non-hydrogen) atoms. The Kier molecular flexibility index (Phi) is 22.6. The highest BCUT2D eigenvalue weighted by molar-refractivity contribution is 5.97. The molecular weight excluding hydrogens is 814 g/mol. The van der Waals surface area contributed by atoms with Gasteiger partial charge in [-0.2, -0.15) is 0 Å². The Morgan fingerprint density at radius 2 is 1.37 bits per heavy atom. The van der Waals surface area contributed by atoms with Crippen LogP contribution < -0.4 is 48.7 Å². The van der Waals surface area contributed by atoms with Gasteiger partial charge >= 0.3 is 5.97 Å². The van der Waals surface area contributed by atoms with Crippen LogP contribution in [0.5, 0.6) is 0 Å². The fourth-order valence-corrected chi connectivity index (χ4v) is 6.12. The van der Waals surface area contributed by atoms with Gasteiger partial charge in [-0.25, -0.2) is 9.78 Å². The third kappa shape index (κ3) is 20.0. The number of esters is 1. The van der Waals surface area contributed by atoms with E-state index in [2.05, 4.69) is 61.0 Å². The van der Waals surface area contributed by atoms with Crippen molar-refractivity contribution < 1.29 is 57.8 Å². The lowest BCUT2D eigenvalue weighted by Crippen LogP contribution is -2.59. The lowest BCUT2D eigenvalue weighted by Gasteiger charge is -2.25. The summed E-state index contributed by atoms with van der Waals surface area (Å²) in [6.07, 6.45) is 5.73. The van der Waals surface area contributed by atoms with Crippen molar-refractivity contribution >= 4 is 59.1 Å². The first-order valence-corrected chi connectivity index (χ1v) is 20.7. The van der Waals surface area contributed by atoms with Crippen molar-refractivity contribution in [1.29, 1.82) is 0 Å². The second-order valence-corrected chi connectivity index (χ2v) is 15.6. The third-order valence-corrected chi connectivity index (χ3v) is 9.66. The minimum Gasteiger partial charge on any atom is -0.461 e. The molecule has 0 radical (unpaired) electrons. The summed E-state index contributed by atoms with van der Waals surface area (Å²) in [6.45, 7) is 5.34. The molecule has 23 nitrogen and oxygen atoms in total. The molecule has 1 saturated heterocycles. The van der Waals surface area contributed by atoms with Crippen molar-refractivity contribution in [2.45, 2.75) is 147 Å². The van der Waals surface area contributed by atoms with Crippen molar-refractivity contribution in [3.63, 3.8) is 0 Å². The van der Waals surface area contributed by atoms with Gasteiger partial charge in [-0.1, -0.05) is 46.0 Å². The first-order chi connectivity index (χ1) is 29.3. The summed E-state index contributed by atoms with van der Waals surface area (Å²) in [4.78, 5) is 136. The number of unbranched alkanes of at least 4 members (excludes halogenated alkanes) is 4. The van der Waals surface area contributed by atoms with E-state index in [-0.39, 0.29) is 37.9 Å². The predicted molar refractivity (Wildman–Crippen MR) is 219 cm³/mol. The minimum absolute atomic E-state index is 0.148. The van der Waals surface area contributed by atoms with Crippen LogP contribution >= 0.6 is 0 Å². The second kappa shape index (κ2) is 26.9. The maximum absolute atomic E-state index is 13.7. The third-order valence-electron chi connectivity index (χ3n) is 9.66. The largest absolute Gasteiger partial charge is 0.461 e. The Bertz CT molecular complexity index is 1710. The number of nitrogens with zero attached hydrogens (tertiary/aromatic N) is 1. The number of hydrogen-bond acceptors (Lipinski definition) is 13. The van der Waals surface area contributed by atoms with Crippen LogP contribution in [-0.2, 0) is 59.1 Å². The van der Waals surface area contributed by atoms with Gasteiger partial charge in [0.05, 0.1) is 12.6 Å². The normalized spacial score (nSPS) is 20.0. The molecule has 0 aromatic carbocycles. The average Bonchev–Trinajstić information content (AvgIpc) is 3.72. The first kappa shape index (κ1) is 52.0. The summed E-state index contributed by atoms with van der Waals surface area (Å²) in [5.41, 5.74) is 10.5. The van der Waals surface area contributed by atoms with Gasteiger partial charge in [0.15, 0.2) is 0 Å². The molecule has 0 aliphatic carbocycles. The summed E-state index contributed by atoms with van der Waals surface area (Å²) < 4.78 is 5.31. The highest BCUT2D eigenvalue weighted by Crippen LogP contribution is 2.12. The number of hydrogen-bond donors (Lipinski definition) is 11.